The van der Waals surface area contributed by atoms with Gasteiger partial charge in [-0.1, -0.05) is 6.08 Å². The molecule has 0 aliphatic carbocycles. The van der Waals surface area contributed by atoms with Crippen molar-refractivity contribution in [3.05, 3.63) is 34.9 Å². The van der Waals surface area contributed by atoms with Gasteiger partial charge in [-0.3, -0.25) is 0 Å². The molecule has 0 fully saturated rings. The number of hydrogen-bond donors (Lipinski definition) is 1. The second-order valence-electron chi connectivity index (χ2n) is 3.14. The minimum absolute atomic E-state index is 0.920. The van der Waals surface area contributed by atoms with E-state index in [1.54, 1.807) is 6.26 Å². The third kappa shape index (κ3) is 0.886. The minimum atomic E-state index is 0.920. The molecule has 0 amide bonds. The molecule has 2 aliphatic rings. The number of allylic oxidation sites excluding steroid dienone is 1. The van der Waals surface area contributed by atoms with Crippen molar-refractivity contribution in [2.45, 2.75) is 0 Å². The molecule has 1 N–H and O–H groups in total. The van der Waals surface area contributed by atoms with Crippen LogP contribution in [-0.2, 0) is 0 Å². The lowest BCUT2D eigenvalue weighted by atomic mass is 10.2. The molecule has 0 saturated carbocycles. The lowest BCUT2D eigenvalue weighted by molar-refractivity contribution is 0.474. The third-order valence-electron chi connectivity index (χ3n) is 2.38. The Balaban J connectivity index is 2.48. The highest BCUT2D eigenvalue weighted by molar-refractivity contribution is 5.62. The van der Waals surface area contributed by atoms with Crippen LogP contribution >= 0.6 is 0 Å². The van der Waals surface area contributed by atoms with Crippen molar-refractivity contribution < 1.29 is 4.74 Å². The molecule has 0 unspecified atom stereocenters. The van der Waals surface area contributed by atoms with Crippen LogP contribution in [0.3, 0.4) is 0 Å². The van der Waals surface area contributed by atoms with Gasteiger partial charge >= 0.3 is 0 Å². The summed E-state index contributed by atoms with van der Waals surface area (Å²) in [7, 11) is 0. The molecule has 0 spiro atoms. The fourth-order valence-corrected chi connectivity index (χ4v) is 1.78. The number of benzene rings is 1. The molecular weight excluding hydrogens is 162 g/mol. The average Bonchev–Trinajstić information content (AvgIpc) is 2.65. The zero-order valence-corrected chi connectivity index (χ0v) is 7.08. The lowest BCUT2D eigenvalue weighted by Gasteiger charge is -2.06. The molecule has 0 bridgehead atoms. The topological polar surface area (TPSA) is 21.3 Å². The molecule has 0 radical (unpaired) electrons. The van der Waals surface area contributed by atoms with Gasteiger partial charge in [0.1, 0.15) is 5.75 Å². The van der Waals surface area contributed by atoms with Gasteiger partial charge in [0.05, 0.1) is 6.26 Å². The van der Waals surface area contributed by atoms with Crippen molar-refractivity contribution >= 4 is 17.8 Å². The van der Waals surface area contributed by atoms with Crippen LogP contribution in [0.15, 0.2) is 24.5 Å². The van der Waals surface area contributed by atoms with Crippen molar-refractivity contribution in [2.75, 3.05) is 11.9 Å². The smallest absolute Gasteiger partial charge is 0.134 e. The highest BCUT2D eigenvalue weighted by Gasteiger charge is 2.07. The molecule has 0 atom stereocenters. The second kappa shape index (κ2) is 2.39. The number of nitrogens with one attached hydrogen (secondary N) is 1. The molecule has 64 valence electrons. The van der Waals surface area contributed by atoms with Crippen molar-refractivity contribution in [1.29, 1.82) is 0 Å². The molecule has 0 saturated heterocycles. The SMILES string of the molecule is C1=COc2ccc3c(c2=C1)=CCN3. The molecule has 2 nitrogen and oxygen atoms in total. The molecule has 1 aromatic carbocycles. The van der Waals surface area contributed by atoms with E-state index in [1.807, 2.05) is 12.1 Å². The lowest BCUT2D eigenvalue weighted by Crippen LogP contribution is -2.26. The molecule has 13 heavy (non-hydrogen) atoms. The van der Waals surface area contributed by atoms with Crippen LogP contribution in [0.4, 0.5) is 5.69 Å². The van der Waals surface area contributed by atoms with Gasteiger partial charge in [-0.05, 0) is 24.3 Å². The van der Waals surface area contributed by atoms with Crippen molar-refractivity contribution in [1.82, 2.24) is 0 Å². The van der Waals surface area contributed by atoms with Crippen LogP contribution in [0.25, 0.3) is 12.2 Å². The van der Waals surface area contributed by atoms with Gasteiger partial charge < -0.3 is 10.1 Å². The summed E-state index contributed by atoms with van der Waals surface area (Å²) in [6, 6.07) is 4.06. The Labute approximate surface area is 75.8 Å². The Kier molecular flexibility index (Phi) is 1.25. The predicted molar refractivity (Wildman–Crippen MR) is 52.9 cm³/mol. The second-order valence-corrected chi connectivity index (χ2v) is 3.14. The number of rotatable bonds is 0. The zero-order valence-electron chi connectivity index (χ0n) is 7.08. The maximum atomic E-state index is 5.39. The van der Waals surface area contributed by atoms with E-state index in [0.29, 0.717) is 0 Å². The van der Waals surface area contributed by atoms with E-state index in [1.165, 1.54) is 16.1 Å². The van der Waals surface area contributed by atoms with Gasteiger partial charge in [-0.25, -0.2) is 0 Å². The van der Waals surface area contributed by atoms with E-state index in [4.69, 9.17) is 4.74 Å². The van der Waals surface area contributed by atoms with Gasteiger partial charge in [-0.15, -0.1) is 0 Å². The number of hydrogen-bond acceptors (Lipinski definition) is 2. The Morgan fingerprint density at radius 2 is 2.23 bits per heavy atom. The summed E-state index contributed by atoms with van der Waals surface area (Å²) in [5, 5.41) is 5.75. The first-order chi connectivity index (χ1) is 6.45. The fraction of sp³-hybridized carbons (Fsp3) is 0.0909. The minimum Gasteiger partial charge on any atom is -0.464 e. The van der Waals surface area contributed by atoms with Crippen LogP contribution in [0.1, 0.15) is 0 Å². The van der Waals surface area contributed by atoms with Crippen LogP contribution in [-0.4, -0.2) is 6.54 Å². The molecule has 2 heterocycles. The van der Waals surface area contributed by atoms with E-state index in [0.717, 1.165) is 12.3 Å². The van der Waals surface area contributed by atoms with Crippen LogP contribution in [0.2, 0.25) is 0 Å². The third-order valence-corrected chi connectivity index (χ3v) is 2.38. The Hall–Kier alpha value is -1.70. The summed E-state index contributed by atoms with van der Waals surface area (Å²) in [4.78, 5) is 0. The van der Waals surface area contributed by atoms with Crippen molar-refractivity contribution in [2.24, 2.45) is 0 Å². The standard InChI is InChI=1S/C11H9NO/c1-2-9-8-5-6-12-10(8)3-4-11(9)13-7-1/h1-5,7,12H,6H2. The van der Waals surface area contributed by atoms with Crippen LogP contribution < -0.4 is 20.5 Å². The molecule has 0 aromatic heterocycles. The van der Waals surface area contributed by atoms with Gasteiger partial charge in [0.2, 0.25) is 0 Å². The summed E-state index contributed by atoms with van der Waals surface area (Å²) in [6.07, 6.45) is 7.90. The quantitative estimate of drug-likeness (QED) is 0.616. The van der Waals surface area contributed by atoms with Gasteiger partial charge in [0.15, 0.2) is 0 Å². The largest absolute Gasteiger partial charge is 0.464 e. The number of fused-ring (bicyclic) bond motifs is 3. The monoisotopic (exact) mass is 171 g/mol. The van der Waals surface area contributed by atoms with Gasteiger partial charge in [0, 0.05) is 22.7 Å². The average molecular weight is 171 g/mol. The van der Waals surface area contributed by atoms with E-state index < -0.39 is 0 Å². The van der Waals surface area contributed by atoms with Gasteiger partial charge in [0.25, 0.3) is 0 Å². The Morgan fingerprint density at radius 3 is 3.23 bits per heavy atom. The Bertz CT molecular complexity index is 500. The van der Waals surface area contributed by atoms with Crippen molar-refractivity contribution in [3.63, 3.8) is 0 Å². The first kappa shape index (κ1) is 6.78. The van der Waals surface area contributed by atoms with E-state index >= 15 is 0 Å². The molecule has 2 heteroatoms. The molecule has 1 aromatic rings. The highest BCUT2D eigenvalue weighted by Crippen LogP contribution is 2.10. The summed E-state index contributed by atoms with van der Waals surface area (Å²) >= 11 is 0. The molecule has 2 aliphatic heterocycles. The van der Waals surface area contributed by atoms with E-state index in [-0.39, 0.29) is 0 Å². The number of anilines is 1. The first-order valence-electron chi connectivity index (χ1n) is 4.36. The molecular formula is C11H9NO. The van der Waals surface area contributed by atoms with Gasteiger partial charge in [-0.2, -0.15) is 0 Å². The Morgan fingerprint density at radius 1 is 1.23 bits per heavy atom. The molecule has 3 rings (SSSR count). The maximum absolute atomic E-state index is 5.39. The summed E-state index contributed by atoms with van der Waals surface area (Å²) in [6.45, 7) is 0.920. The van der Waals surface area contributed by atoms with Crippen LogP contribution in [0.5, 0.6) is 5.75 Å². The van der Waals surface area contributed by atoms with Crippen LogP contribution in [0, 0.1) is 0 Å². The predicted octanol–water partition coefficient (Wildman–Crippen LogP) is 0.579. The maximum Gasteiger partial charge on any atom is 0.134 e. The zero-order chi connectivity index (χ0) is 8.67. The highest BCUT2D eigenvalue weighted by atomic mass is 16.5. The summed E-state index contributed by atoms with van der Waals surface area (Å²) < 4.78 is 5.39. The number of ether oxygens (including phenoxy) is 1. The fourth-order valence-electron chi connectivity index (χ4n) is 1.78. The van der Waals surface area contributed by atoms with E-state index in [9.17, 15) is 0 Å². The van der Waals surface area contributed by atoms with E-state index in [2.05, 4.69) is 23.5 Å². The summed E-state index contributed by atoms with van der Waals surface area (Å²) in [5.74, 6) is 0.946. The normalized spacial score (nSPS) is 16.0. The first-order valence-corrected chi connectivity index (χ1v) is 4.36. The summed E-state index contributed by atoms with van der Waals surface area (Å²) in [5.41, 5.74) is 1.20. The van der Waals surface area contributed by atoms with Crippen molar-refractivity contribution in [3.8, 4) is 5.75 Å².